The molecule has 2 rings (SSSR count). The fraction of sp³-hybridized carbons (Fsp3) is 0.938. The van der Waals surface area contributed by atoms with Crippen molar-refractivity contribution >= 4 is 0 Å². The van der Waals surface area contributed by atoms with E-state index in [1.54, 1.807) is 0 Å². The third-order valence-electron chi connectivity index (χ3n) is 5.41. The monoisotopic (exact) mass is 265 g/mol. The summed E-state index contributed by atoms with van der Waals surface area (Å²) in [6, 6.07) is 2.49. The minimum atomic E-state index is -1.05. The summed E-state index contributed by atoms with van der Waals surface area (Å²) in [5.74, 6) is 0.559. The molecule has 3 atom stereocenters. The molecule has 3 unspecified atom stereocenters. The van der Waals surface area contributed by atoms with Crippen LogP contribution >= 0.6 is 0 Å². The van der Waals surface area contributed by atoms with E-state index in [1.807, 2.05) is 27.7 Å². The number of nitrogens with zero attached hydrogens (tertiary/aromatic N) is 1. The maximum Gasteiger partial charge on any atom is 0.114 e. The van der Waals surface area contributed by atoms with Gasteiger partial charge in [-0.05, 0) is 52.9 Å². The van der Waals surface area contributed by atoms with Gasteiger partial charge < -0.3 is 9.84 Å². The lowest BCUT2D eigenvalue weighted by Gasteiger charge is -2.45. The van der Waals surface area contributed by atoms with Gasteiger partial charge in [-0.2, -0.15) is 5.26 Å². The summed E-state index contributed by atoms with van der Waals surface area (Å²) in [6.45, 7) is 10.0. The molecule has 0 aromatic rings. The van der Waals surface area contributed by atoms with Gasteiger partial charge in [0.1, 0.15) is 5.60 Å². The van der Waals surface area contributed by atoms with Crippen molar-refractivity contribution in [1.29, 1.82) is 5.26 Å². The van der Waals surface area contributed by atoms with E-state index in [2.05, 4.69) is 13.0 Å². The van der Waals surface area contributed by atoms with Crippen molar-refractivity contribution in [3.8, 4) is 6.07 Å². The molecule has 0 amide bonds. The second kappa shape index (κ2) is 4.20. The van der Waals surface area contributed by atoms with Crippen LogP contribution in [0.5, 0.6) is 0 Å². The van der Waals surface area contributed by atoms with Crippen LogP contribution in [0.4, 0.5) is 0 Å². The Bertz CT molecular complexity index is 409. The predicted octanol–water partition coefficient (Wildman–Crippen LogP) is 3.42. The van der Waals surface area contributed by atoms with E-state index < -0.39 is 16.6 Å². The second-order valence-corrected chi connectivity index (χ2v) is 7.62. The Balaban J connectivity index is 2.41. The average Bonchev–Trinajstić information content (AvgIpc) is 2.77. The number of rotatable bonds is 2. The Labute approximate surface area is 117 Å². The van der Waals surface area contributed by atoms with Crippen LogP contribution in [-0.4, -0.2) is 21.9 Å². The Morgan fingerprint density at radius 2 is 1.95 bits per heavy atom. The number of hydrogen-bond acceptors (Lipinski definition) is 3. The first-order valence-electron chi connectivity index (χ1n) is 7.45. The zero-order valence-corrected chi connectivity index (χ0v) is 12.9. The highest BCUT2D eigenvalue weighted by atomic mass is 16.5. The maximum absolute atomic E-state index is 11.4. The highest BCUT2D eigenvalue weighted by molar-refractivity contribution is 5.23. The molecule has 0 aromatic carbocycles. The number of aliphatic hydroxyl groups is 1. The van der Waals surface area contributed by atoms with E-state index in [4.69, 9.17) is 4.74 Å². The molecule has 1 saturated heterocycles. The first-order chi connectivity index (χ1) is 8.61. The van der Waals surface area contributed by atoms with Crippen LogP contribution in [0.25, 0.3) is 0 Å². The van der Waals surface area contributed by atoms with Crippen LogP contribution in [0, 0.1) is 22.7 Å². The fourth-order valence-electron chi connectivity index (χ4n) is 4.45. The number of ether oxygens (including phenoxy) is 1. The smallest absolute Gasteiger partial charge is 0.114 e. The Morgan fingerprint density at radius 1 is 1.32 bits per heavy atom. The van der Waals surface area contributed by atoms with Crippen molar-refractivity contribution in [1.82, 2.24) is 0 Å². The molecule has 108 valence electrons. The molecule has 0 bridgehead atoms. The standard InChI is InChI=1S/C16H27NO2/c1-6-12-7-8-15(9-12,11-17)16(18)10-13(2,3)19-14(16,4)5/h12,18H,6-10H2,1-5H3. The number of hydrogen-bond donors (Lipinski definition) is 1. The Kier molecular flexibility index (Phi) is 3.27. The second-order valence-electron chi connectivity index (χ2n) is 7.62. The molecular formula is C16H27NO2. The van der Waals surface area contributed by atoms with Crippen LogP contribution in [0.2, 0.25) is 0 Å². The van der Waals surface area contributed by atoms with Crippen LogP contribution in [0.1, 0.15) is 66.7 Å². The molecule has 1 N–H and O–H groups in total. The molecule has 1 aliphatic carbocycles. The molecular weight excluding hydrogens is 238 g/mol. The highest BCUT2D eigenvalue weighted by Gasteiger charge is 2.67. The van der Waals surface area contributed by atoms with Gasteiger partial charge in [-0.1, -0.05) is 13.3 Å². The van der Waals surface area contributed by atoms with Crippen LogP contribution in [-0.2, 0) is 4.74 Å². The van der Waals surface area contributed by atoms with Crippen molar-refractivity contribution in [2.24, 2.45) is 11.3 Å². The van der Waals surface area contributed by atoms with Crippen molar-refractivity contribution in [2.45, 2.75) is 83.5 Å². The molecule has 2 fully saturated rings. The molecule has 2 aliphatic rings. The van der Waals surface area contributed by atoms with Crippen LogP contribution in [0.3, 0.4) is 0 Å². The lowest BCUT2D eigenvalue weighted by atomic mass is 9.62. The molecule has 1 aliphatic heterocycles. The summed E-state index contributed by atoms with van der Waals surface area (Å²) in [5, 5.41) is 21.2. The molecule has 3 nitrogen and oxygen atoms in total. The summed E-state index contributed by atoms with van der Waals surface area (Å²) in [6.07, 6.45) is 4.27. The fourth-order valence-corrected chi connectivity index (χ4v) is 4.45. The Hall–Kier alpha value is -0.590. The van der Waals surface area contributed by atoms with Crippen molar-refractivity contribution < 1.29 is 9.84 Å². The van der Waals surface area contributed by atoms with E-state index >= 15 is 0 Å². The molecule has 0 spiro atoms. The van der Waals surface area contributed by atoms with Crippen molar-refractivity contribution in [2.75, 3.05) is 0 Å². The predicted molar refractivity (Wildman–Crippen MR) is 74.5 cm³/mol. The molecule has 1 heterocycles. The van der Waals surface area contributed by atoms with Gasteiger partial charge in [0.25, 0.3) is 0 Å². The van der Waals surface area contributed by atoms with E-state index in [0.29, 0.717) is 12.3 Å². The normalized spacial score (nSPS) is 44.2. The highest BCUT2D eigenvalue weighted by Crippen LogP contribution is 2.60. The van der Waals surface area contributed by atoms with Crippen LogP contribution < -0.4 is 0 Å². The third-order valence-corrected chi connectivity index (χ3v) is 5.41. The minimum absolute atomic E-state index is 0.369. The quantitative estimate of drug-likeness (QED) is 0.832. The first kappa shape index (κ1) is 14.8. The van der Waals surface area contributed by atoms with Gasteiger partial charge in [0, 0.05) is 6.42 Å². The van der Waals surface area contributed by atoms with Crippen molar-refractivity contribution in [3.05, 3.63) is 0 Å². The summed E-state index contributed by atoms with van der Waals surface area (Å²) >= 11 is 0. The molecule has 0 radical (unpaired) electrons. The third kappa shape index (κ3) is 2.00. The summed E-state index contributed by atoms with van der Waals surface area (Å²) in [4.78, 5) is 0. The van der Waals surface area contributed by atoms with E-state index in [0.717, 1.165) is 25.7 Å². The average molecular weight is 265 g/mol. The maximum atomic E-state index is 11.4. The lowest BCUT2D eigenvalue weighted by molar-refractivity contribution is -0.164. The van der Waals surface area contributed by atoms with Gasteiger partial charge in [0.15, 0.2) is 0 Å². The molecule has 3 heteroatoms. The van der Waals surface area contributed by atoms with Gasteiger partial charge in [-0.25, -0.2) is 0 Å². The molecule has 0 aromatic heterocycles. The van der Waals surface area contributed by atoms with Crippen LogP contribution in [0.15, 0.2) is 0 Å². The zero-order valence-electron chi connectivity index (χ0n) is 12.9. The van der Waals surface area contributed by atoms with E-state index in [9.17, 15) is 10.4 Å². The molecule has 19 heavy (non-hydrogen) atoms. The molecule has 1 saturated carbocycles. The lowest BCUT2D eigenvalue weighted by Crippen LogP contribution is -2.57. The largest absolute Gasteiger partial charge is 0.385 e. The minimum Gasteiger partial charge on any atom is -0.385 e. The van der Waals surface area contributed by atoms with Gasteiger partial charge in [-0.15, -0.1) is 0 Å². The summed E-state index contributed by atoms with van der Waals surface area (Å²) < 4.78 is 6.06. The van der Waals surface area contributed by atoms with E-state index in [-0.39, 0.29) is 5.60 Å². The van der Waals surface area contributed by atoms with Gasteiger partial charge >= 0.3 is 0 Å². The van der Waals surface area contributed by atoms with E-state index in [1.165, 1.54) is 0 Å². The Morgan fingerprint density at radius 3 is 2.32 bits per heavy atom. The summed E-state index contributed by atoms with van der Waals surface area (Å²) in [7, 11) is 0. The zero-order chi connectivity index (χ0) is 14.5. The number of nitriles is 1. The topological polar surface area (TPSA) is 53.2 Å². The first-order valence-corrected chi connectivity index (χ1v) is 7.45. The van der Waals surface area contributed by atoms with Crippen molar-refractivity contribution in [3.63, 3.8) is 0 Å². The SMILES string of the molecule is CCC1CCC(C#N)(C2(O)CC(C)(C)OC2(C)C)C1. The summed E-state index contributed by atoms with van der Waals surface area (Å²) in [5.41, 5.74) is -2.74. The van der Waals surface area contributed by atoms with Gasteiger partial charge in [0.2, 0.25) is 0 Å². The van der Waals surface area contributed by atoms with Gasteiger partial charge in [0.05, 0.1) is 22.7 Å². The van der Waals surface area contributed by atoms with Gasteiger partial charge in [-0.3, -0.25) is 0 Å².